The van der Waals surface area contributed by atoms with Gasteiger partial charge in [0, 0.05) is 25.3 Å². The van der Waals surface area contributed by atoms with Crippen LogP contribution < -0.4 is 10.1 Å². The lowest BCUT2D eigenvalue weighted by Crippen LogP contribution is -2.40. The molecule has 144 valence electrons. The minimum absolute atomic E-state index is 0.00571. The molecule has 0 spiro atoms. The number of likely N-dealkylation sites (N-methyl/N-ethyl adjacent to an activating group) is 2. The third-order valence-electron chi connectivity index (χ3n) is 4.27. The van der Waals surface area contributed by atoms with Crippen LogP contribution in [0.3, 0.4) is 0 Å². The number of carbonyl (C=O) groups excluding carboxylic acids is 2. The molecule has 2 aromatic carbocycles. The molecule has 0 bridgehead atoms. The van der Waals surface area contributed by atoms with E-state index in [0.717, 1.165) is 0 Å². The summed E-state index contributed by atoms with van der Waals surface area (Å²) in [5.41, 5.74) is 3.02. The number of rotatable bonds is 8. The number of hydrogen-bond donors (Lipinski definition) is 1. The highest BCUT2D eigenvalue weighted by atomic mass is 16.5. The van der Waals surface area contributed by atoms with E-state index in [1.807, 2.05) is 24.1 Å². The van der Waals surface area contributed by atoms with Crippen molar-refractivity contribution in [3.05, 3.63) is 59.7 Å². The first-order valence-corrected chi connectivity index (χ1v) is 8.80. The van der Waals surface area contributed by atoms with Crippen molar-refractivity contribution in [2.24, 2.45) is 0 Å². The summed E-state index contributed by atoms with van der Waals surface area (Å²) in [4.78, 5) is 28.0. The highest BCUT2D eigenvalue weighted by Gasteiger charge is 2.15. The normalized spacial score (nSPS) is 10.6. The first-order valence-electron chi connectivity index (χ1n) is 8.80. The minimum Gasteiger partial charge on any atom is -0.497 e. The number of carbonyl (C=O) groups is 2. The Morgan fingerprint density at radius 2 is 1.78 bits per heavy atom. The van der Waals surface area contributed by atoms with Crippen molar-refractivity contribution in [2.75, 3.05) is 39.6 Å². The van der Waals surface area contributed by atoms with Gasteiger partial charge in [0.1, 0.15) is 5.75 Å². The SMILES string of the molecule is COc1cccc(NC(=O)CN(C)C(=O)CN(C)Cc2ccccc2C)c1. The van der Waals surface area contributed by atoms with Gasteiger partial charge in [-0.15, -0.1) is 0 Å². The maximum Gasteiger partial charge on any atom is 0.243 e. The Morgan fingerprint density at radius 3 is 2.48 bits per heavy atom. The lowest BCUT2D eigenvalue weighted by molar-refractivity contribution is -0.134. The van der Waals surface area contributed by atoms with Crippen molar-refractivity contribution in [2.45, 2.75) is 13.5 Å². The predicted octanol–water partition coefficient (Wildman–Crippen LogP) is 2.53. The van der Waals surface area contributed by atoms with Crippen molar-refractivity contribution in [3.63, 3.8) is 0 Å². The molecule has 0 aliphatic heterocycles. The summed E-state index contributed by atoms with van der Waals surface area (Å²) in [6.45, 7) is 2.98. The second kappa shape index (κ2) is 9.73. The Labute approximate surface area is 160 Å². The second-order valence-electron chi connectivity index (χ2n) is 6.63. The molecule has 0 unspecified atom stereocenters. The Morgan fingerprint density at radius 1 is 1.04 bits per heavy atom. The molecule has 1 N–H and O–H groups in total. The Kier molecular flexibility index (Phi) is 7.37. The molecule has 0 saturated carbocycles. The van der Waals surface area contributed by atoms with Gasteiger partial charge in [0.15, 0.2) is 0 Å². The van der Waals surface area contributed by atoms with Gasteiger partial charge in [-0.3, -0.25) is 14.5 Å². The van der Waals surface area contributed by atoms with Crippen LogP contribution in [-0.2, 0) is 16.1 Å². The monoisotopic (exact) mass is 369 g/mol. The minimum atomic E-state index is -0.249. The van der Waals surface area contributed by atoms with E-state index in [0.29, 0.717) is 18.0 Å². The molecular formula is C21H27N3O3. The molecular weight excluding hydrogens is 342 g/mol. The molecule has 6 nitrogen and oxygen atoms in total. The van der Waals surface area contributed by atoms with Gasteiger partial charge in [0.05, 0.1) is 20.2 Å². The average molecular weight is 369 g/mol. The highest BCUT2D eigenvalue weighted by Crippen LogP contribution is 2.16. The fraction of sp³-hybridized carbons (Fsp3) is 0.333. The fourth-order valence-electron chi connectivity index (χ4n) is 2.69. The number of hydrogen-bond acceptors (Lipinski definition) is 4. The molecule has 27 heavy (non-hydrogen) atoms. The summed E-state index contributed by atoms with van der Waals surface area (Å²) in [5.74, 6) is 0.308. The van der Waals surface area contributed by atoms with Gasteiger partial charge in [0.2, 0.25) is 11.8 Å². The molecule has 0 radical (unpaired) electrons. The number of ether oxygens (including phenoxy) is 1. The van der Waals surface area contributed by atoms with E-state index < -0.39 is 0 Å². The Balaban J connectivity index is 1.83. The van der Waals surface area contributed by atoms with Gasteiger partial charge in [-0.25, -0.2) is 0 Å². The van der Waals surface area contributed by atoms with E-state index >= 15 is 0 Å². The van der Waals surface area contributed by atoms with Gasteiger partial charge in [-0.05, 0) is 37.2 Å². The number of aryl methyl sites for hydroxylation is 1. The van der Waals surface area contributed by atoms with Crippen LogP contribution in [0.4, 0.5) is 5.69 Å². The summed E-state index contributed by atoms with van der Waals surface area (Å²) in [6, 6.07) is 15.2. The van der Waals surface area contributed by atoms with Crippen LogP contribution in [0.5, 0.6) is 5.75 Å². The quantitative estimate of drug-likeness (QED) is 0.777. The summed E-state index contributed by atoms with van der Waals surface area (Å²) in [7, 11) is 5.10. The van der Waals surface area contributed by atoms with Gasteiger partial charge >= 0.3 is 0 Å². The van der Waals surface area contributed by atoms with Crippen LogP contribution in [0.25, 0.3) is 0 Å². The Hall–Kier alpha value is -2.86. The number of anilines is 1. The third kappa shape index (κ3) is 6.42. The first-order chi connectivity index (χ1) is 12.9. The molecule has 0 atom stereocenters. The molecule has 0 heterocycles. The lowest BCUT2D eigenvalue weighted by Gasteiger charge is -2.22. The largest absolute Gasteiger partial charge is 0.497 e. The van der Waals surface area contributed by atoms with Gasteiger partial charge < -0.3 is 15.0 Å². The van der Waals surface area contributed by atoms with Crippen LogP contribution in [0, 0.1) is 6.92 Å². The number of nitrogens with zero attached hydrogens (tertiary/aromatic N) is 2. The average Bonchev–Trinajstić information content (AvgIpc) is 2.63. The van der Waals surface area contributed by atoms with Crippen molar-refractivity contribution in [1.29, 1.82) is 0 Å². The smallest absolute Gasteiger partial charge is 0.243 e. The summed E-state index contributed by atoms with van der Waals surface area (Å²) >= 11 is 0. The molecule has 0 aliphatic carbocycles. The summed E-state index contributed by atoms with van der Waals surface area (Å²) in [6.07, 6.45) is 0. The molecule has 6 heteroatoms. The standard InChI is InChI=1S/C21H27N3O3/c1-16-8-5-6-9-17(16)13-23(2)15-21(26)24(3)14-20(25)22-18-10-7-11-19(12-18)27-4/h5-12H,13-15H2,1-4H3,(H,22,25). The summed E-state index contributed by atoms with van der Waals surface area (Å²) < 4.78 is 5.14. The molecule has 0 aliphatic rings. The van der Waals surface area contributed by atoms with E-state index in [9.17, 15) is 9.59 Å². The number of methoxy groups -OCH3 is 1. The van der Waals surface area contributed by atoms with Crippen LogP contribution in [0.15, 0.2) is 48.5 Å². The van der Waals surface area contributed by atoms with E-state index in [2.05, 4.69) is 24.4 Å². The van der Waals surface area contributed by atoms with Crippen molar-refractivity contribution < 1.29 is 14.3 Å². The molecule has 2 rings (SSSR count). The topological polar surface area (TPSA) is 61.9 Å². The number of amides is 2. The Bertz CT molecular complexity index is 792. The zero-order chi connectivity index (χ0) is 19.8. The van der Waals surface area contributed by atoms with Crippen LogP contribution >= 0.6 is 0 Å². The second-order valence-corrected chi connectivity index (χ2v) is 6.63. The first kappa shape index (κ1) is 20.5. The fourth-order valence-corrected chi connectivity index (χ4v) is 2.69. The third-order valence-corrected chi connectivity index (χ3v) is 4.27. The van der Waals surface area contributed by atoms with Crippen LogP contribution in [0.1, 0.15) is 11.1 Å². The molecule has 0 aromatic heterocycles. The highest BCUT2D eigenvalue weighted by molar-refractivity contribution is 5.94. The summed E-state index contributed by atoms with van der Waals surface area (Å²) in [5, 5.41) is 2.78. The molecule has 2 amide bonds. The van der Waals surface area contributed by atoms with Gasteiger partial charge in [-0.1, -0.05) is 30.3 Å². The molecule has 0 saturated heterocycles. The van der Waals surface area contributed by atoms with Crippen molar-refractivity contribution in [3.8, 4) is 5.75 Å². The molecule has 2 aromatic rings. The van der Waals surface area contributed by atoms with E-state index in [1.54, 1.807) is 38.4 Å². The maximum absolute atomic E-state index is 12.4. The van der Waals surface area contributed by atoms with E-state index in [1.165, 1.54) is 16.0 Å². The zero-order valence-corrected chi connectivity index (χ0v) is 16.4. The van der Waals surface area contributed by atoms with Crippen molar-refractivity contribution >= 4 is 17.5 Å². The zero-order valence-electron chi connectivity index (χ0n) is 16.4. The predicted molar refractivity (Wildman–Crippen MR) is 107 cm³/mol. The van der Waals surface area contributed by atoms with E-state index in [4.69, 9.17) is 4.74 Å². The lowest BCUT2D eigenvalue weighted by atomic mass is 10.1. The van der Waals surface area contributed by atoms with E-state index in [-0.39, 0.29) is 24.9 Å². The van der Waals surface area contributed by atoms with Gasteiger partial charge in [-0.2, -0.15) is 0 Å². The number of nitrogens with one attached hydrogen (secondary N) is 1. The molecule has 0 fully saturated rings. The van der Waals surface area contributed by atoms with Crippen LogP contribution in [0.2, 0.25) is 0 Å². The van der Waals surface area contributed by atoms with Crippen LogP contribution in [-0.4, -0.2) is 55.9 Å². The van der Waals surface area contributed by atoms with Gasteiger partial charge in [0.25, 0.3) is 0 Å². The maximum atomic E-state index is 12.4. The number of benzene rings is 2. The van der Waals surface area contributed by atoms with Crippen molar-refractivity contribution in [1.82, 2.24) is 9.80 Å².